The molecule has 0 aliphatic rings. The Morgan fingerprint density at radius 3 is 1.58 bits per heavy atom. The number of benzene rings is 9. The van der Waals surface area contributed by atoms with Gasteiger partial charge in [0.05, 0.1) is 22.1 Å². The number of aromatic nitrogens is 2. The lowest BCUT2D eigenvalue weighted by Crippen LogP contribution is -1.94. The van der Waals surface area contributed by atoms with Crippen molar-refractivity contribution in [2.75, 3.05) is 0 Å². The summed E-state index contributed by atoms with van der Waals surface area (Å²) in [7, 11) is 0. The van der Waals surface area contributed by atoms with Gasteiger partial charge in [-0.15, -0.1) is 11.3 Å². The highest BCUT2D eigenvalue weighted by atomic mass is 32.1. The fourth-order valence-corrected chi connectivity index (χ4v) is 10.3. The van der Waals surface area contributed by atoms with Crippen molar-refractivity contribution >= 4 is 75.1 Å². The quantitative estimate of drug-likeness (QED) is 0.166. The van der Waals surface area contributed by atoms with Crippen LogP contribution in [0.2, 0.25) is 0 Å². The summed E-state index contributed by atoms with van der Waals surface area (Å²) < 4.78 is 7.53. The van der Waals surface area contributed by atoms with Crippen molar-refractivity contribution in [3.8, 4) is 44.8 Å². The van der Waals surface area contributed by atoms with Crippen LogP contribution >= 0.6 is 11.3 Å². The van der Waals surface area contributed by atoms with Crippen LogP contribution in [0, 0.1) is 0 Å². The first-order valence-electron chi connectivity index (χ1n) is 19.5. The van der Waals surface area contributed by atoms with E-state index in [9.17, 15) is 0 Å². The summed E-state index contributed by atoms with van der Waals surface area (Å²) in [6, 6.07) is 75.6. The number of para-hydroxylation sites is 1. The maximum Gasteiger partial charge on any atom is 0.0555 e. The van der Waals surface area contributed by atoms with Gasteiger partial charge in [-0.2, -0.15) is 0 Å². The number of nitrogens with zero attached hydrogens (tertiary/aromatic N) is 2. The second-order valence-corrected chi connectivity index (χ2v) is 16.0. The molecule has 266 valence electrons. The van der Waals surface area contributed by atoms with Crippen LogP contribution in [0.25, 0.3) is 109 Å². The average Bonchev–Trinajstić information content (AvgIpc) is 3.94. The Hall–Kier alpha value is -7.20. The van der Waals surface area contributed by atoms with Gasteiger partial charge in [0.15, 0.2) is 0 Å². The van der Waals surface area contributed by atoms with Crippen LogP contribution < -0.4 is 0 Å². The van der Waals surface area contributed by atoms with E-state index in [-0.39, 0.29) is 0 Å². The molecule has 3 heteroatoms. The molecule has 9 aromatic carbocycles. The van der Waals surface area contributed by atoms with E-state index in [4.69, 9.17) is 0 Å². The lowest BCUT2D eigenvalue weighted by Gasteiger charge is -2.11. The number of rotatable bonds is 5. The number of thiophene rings is 1. The SMILES string of the molecule is c1ccc(-c2ccc(-n3c4ccccc4c4cc(-c5ccc6c(c5)c5c7sc8ccccc8c7ccc5n6-c5cccc(-c6ccccc6)c5)ccc43)cc2)cc1. The van der Waals surface area contributed by atoms with Crippen LogP contribution in [-0.2, 0) is 0 Å². The predicted octanol–water partition coefficient (Wildman–Crippen LogP) is 15.2. The smallest absolute Gasteiger partial charge is 0.0555 e. The Morgan fingerprint density at radius 2 is 0.807 bits per heavy atom. The largest absolute Gasteiger partial charge is 0.309 e. The second-order valence-electron chi connectivity index (χ2n) is 14.9. The van der Waals surface area contributed by atoms with Gasteiger partial charge in [-0.3, -0.25) is 0 Å². The van der Waals surface area contributed by atoms with Crippen LogP contribution in [0.15, 0.2) is 206 Å². The summed E-state index contributed by atoms with van der Waals surface area (Å²) in [6.45, 7) is 0. The molecular weight excluding hydrogens is 709 g/mol. The van der Waals surface area contributed by atoms with Gasteiger partial charge in [-0.05, 0) is 100 Å². The summed E-state index contributed by atoms with van der Waals surface area (Å²) >= 11 is 1.90. The normalized spacial score (nSPS) is 11.9. The van der Waals surface area contributed by atoms with Gasteiger partial charge in [-0.1, -0.05) is 140 Å². The first kappa shape index (κ1) is 32.1. The third kappa shape index (κ3) is 5.03. The van der Waals surface area contributed by atoms with Crippen molar-refractivity contribution in [2.24, 2.45) is 0 Å². The fourth-order valence-electron chi connectivity index (χ4n) is 9.06. The Balaban J connectivity index is 1.06. The molecule has 0 saturated carbocycles. The molecule has 0 aliphatic heterocycles. The minimum atomic E-state index is 1.16. The third-order valence-corrected chi connectivity index (χ3v) is 12.9. The molecule has 3 aromatic heterocycles. The molecule has 3 heterocycles. The standard InChI is InChI=1S/C54H34N2S/c1-3-12-35(13-4-1)37-22-26-41(27-23-37)55-48-20-9-7-18-43(48)46-33-39(24-29-49(46)55)40-25-30-50-47(34-40)53-51(31-28-45-44-19-8-10-21-52(44)57-54(45)53)56(50)42-17-11-16-38(32-42)36-14-5-2-6-15-36/h1-34H. The van der Waals surface area contributed by atoms with Crippen LogP contribution in [0.3, 0.4) is 0 Å². The van der Waals surface area contributed by atoms with Crippen LogP contribution in [0.4, 0.5) is 0 Å². The van der Waals surface area contributed by atoms with Gasteiger partial charge in [0.25, 0.3) is 0 Å². The summed E-state index contributed by atoms with van der Waals surface area (Å²) in [5.41, 5.74) is 14.5. The molecule has 0 bridgehead atoms. The molecule has 0 saturated heterocycles. The molecule has 0 amide bonds. The Kier molecular flexibility index (Phi) is 7.13. The third-order valence-electron chi connectivity index (χ3n) is 11.7. The van der Waals surface area contributed by atoms with E-state index in [0.717, 1.165) is 11.4 Å². The van der Waals surface area contributed by atoms with E-state index in [1.807, 2.05) is 11.3 Å². The minimum absolute atomic E-state index is 1.16. The van der Waals surface area contributed by atoms with E-state index < -0.39 is 0 Å². The Bertz CT molecular complexity index is 3490. The second kappa shape index (κ2) is 12.7. The summed E-state index contributed by atoms with van der Waals surface area (Å²) in [4.78, 5) is 0. The highest BCUT2D eigenvalue weighted by molar-refractivity contribution is 7.26. The molecule has 0 spiro atoms. The van der Waals surface area contributed by atoms with E-state index >= 15 is 0 Å². The van der Waals surface area contributed by atoms with Crippen molar-refractivity contribution < 1.29 is 0 Å². The monoisotopic (exact) mass is 742 g/mol. The number of hydrogen-bond acceptors (Lipinski definition) is 1. The molecule has 0 radical (unpaired) electrons. The van der Waals surface area contributed by atoms with Gasteiger partial charge >= 0.3 is 0 Å². The maximum atomic E-state index is 2.46. The lowest BCUT2D eigenvalue weighted by molar-refractivity contribution is 1.18. The van der Waals surface area contributed by atoms with Crippen molar-refractivity contribution in [1.82, 2.24) is 9.13 Å². The summed E-state index contributed by atoms with van der Waals surface area (Å²) in [5.74, 6) is 0. The highest BCUT2D eigenvalue weighted by Gasteiger charge is 2.20. The minimum Gasteiger partial charge on any atom is -0.309 e. The first-order valence-corrected chi connectivity index (χ1v) is 20.3. The molecule has 12 rings (SSSR count). The molecule has 57 heavy (non-hydrogen) atoms. The number of hydrogen-bond donors (Lipinski definition) is 0. The topological polar surface area (TPSA) is 9.86 Å². The van der Waals surface area contributed by atoms with Gasteiger partial charge in [0, 0.05) is 53.1 Å². The molecule has 12 aromatic rings. The fraction of sp³-hybridized carbons (Fsp3) is 0. The van der Waals surface area contributed by atoms with Crippen molar-refractivity contribution in [2.45, 2.75) is 0 Å². The molecular formula is C54H34N2S. The van der Waals surface area contributed by atoms with Gasteiger partial charge < -0.3 is 9.13 Å². The van der Waals surface area contributed by atoms with Crippen LogP contribution in [0.1, 0.15) is 0 Å². The molecule has 2 nitrogen and oxygen atoms in total. The highest BCUT2D eigenvalue weighted by Crippen LogP contribution is 2.45. The van der Waals surface area contributed by atoms with Gasteiger partial charge in [0.2, 0.25) is 0 Å². The molecule has 0 N–H and O–H groups in total. The van der Waals surface area contributed by atoms with Crippen molar-refractivity contribution in [3.05, 3.63) is 206 Å². The van der Waals surface area contributed by atoms with E-state index in [1.165, 1.54) is 97.2 Å². The maximum absolute atomic E-state index is 2.46. The first-order chi connectivity index (χ1) is 28.3. The van der Waals surface area contributed by atoms with Gasteiger partial charge in [0.1, 0.15) is 0 Å². The average molecular weight is 743 g/mol. The van der Waals surface area contributed by atoms with E-state index in [2.05, 4.69) is 215 Å². The zero-order valence-corrected chi connectivity index (χ0v) is 31.7. The van der Waals surface area contributed by atoms with Gasteiger partial charge in [-0.25, -0.2) is 0 Å². The van der Waals surface area contributed by atoms with E-state index in [0.29, 0.717) is 0 Å². The zero-order valence-electron chi connectivity index (χ0n) is 30.9. The molecule has 0 fully saturated rings. The summed E-state index contributed by atoms with van der Waals surface area (Å²) in [5, 5.41) is 7.72. The lowest BCUT2D eigenvalue weighted by atomic mass is 10.00. The molecule has 0 unspecified atom stereocenters. The Morgan fingerprint density at radius 1 is 0.281 bits per heavy atom. The molecule has 0 aliphatic carbocycles. The predicted molar refractivity (Wildman–Crippen MR) is 244 cm³/mol. The number of fused-ring (bicyclic) bond motifs is 10. The zero-order chi connectivity index (χ0) is 37.5. The van der Waals surface area contributed by atoms with Crippen LogP contribution in [0.5, 0.6) is 0 Å². The van der Waals surface area contributed by atoms with Crippen LogP contribution in [-0.4, -0.2) is 9.13 Å². The summed E-state index contributed by atoms with van der Waals surface area (Å²) in [6.07, 6.45) is 0. The van der Waals surface area contributed by atoms with Crippen molar-refractivity contribution in [3.63, 3.8) is 0 Å². The Labute approximate surface area is 333 Å². The molecule has 0 atom stereocenters. The van der Waals surface area contributed by atoms with Crippen molar-refractivity contribution in [1.29, 1.82) is 0 Å². The van der Waals surface area contributed by atoms with E-state index in [1.54, 1.807) is 0 Å².